The fourth-order valence-corrected chi connectivity index (χ4v) is 2.17. The van der Waals surface area contributed by atoms with Crippen molar-refractivity contribution in [2.24, 2.45) is 0 Å². The molecule has 0 spiro atoms. The summed E-state index contributed by atoms with van der Waals surface area (Å²) in [6.07, 6.45) is 2.25. The SMILES string of the molecule is CCOCCCNS(=O)(=O)/C=C/c1ccccc1. The highest BCUT2D eigenvalue weighted by atomic mass is 32.2. The topological polar surface area (TPSA) is 55.4 Å². The van der Waals surface area contributed by atoms with E-state index in [4.69, 9.17) is 4.74 Å². The molecular formula is C13H19NO3S. The van der Waals surface area contributed by atoms with Crippen LogP contribution in [0.4, 0.5) is 0 Å². The van der Waals surface area contributed by atoms with Gasteiger partial charge in [0, 0.05) is 25.2 Å². The first-order chi connectivity index (χ1) is 8.64. The summed E-state index contributed by atoms with van der Waals surface area (Å²) in [7, 11) is -3.35. The normalized spacial score (nSPS) is 12.1. The Labute approximate surface area is 109 Å². The van der Waals surface area contributed by atoms with Crippen LogP contribution in [0.5, 0.6) is 0 Å². The van der Waals surface area contributed by atoms with Gasteiger partial charge in [0.15, 0.2) is 0 Å². The summed E-state index contributed by atoms with van der Waals surface area (Å²) in [5, 5.41) is 1.18. The summed E-state index contributed by atoms with van der Waals surface area (Å²) in [5.41, 5.74) is 0.859. The molecule has 1 N–H and O–H groups in total. The minimum absolute atomic E-state index is 0.390. The quantitative estimate of drug-likeness (QED) is 0.734. The van der Waals surface area contributed by atoms with Crippen molar-refractivity contribution >= 4 is 16.1 Å². The van der Waals surface area contributed by atoms with Crippen LogP contribution < -0.4 is 4.72 Å². The number of nitrogens with one attached hydrogen (secondary N) is 1. The van der Waals surface area contributed by atoms with Crippen LogP contribution in [-0.4, -0.2) is 28.2 Å². The van der Waals surface area contributed by atoms with Gasteiger partial charge in [-0.05, 0) is 25.0 Å². The summed E-state index contributed by atoms with van der Waals surface area (Å²) >= 11 is 0. The van der Waals surface area contributed by atoms with Crippen molar-refractivity contribution in [3.8, 4) is 0 Å². The highest BCUT2D eigenvalue weighted by molar-refractivity contribution is 7.92. The third-order valence-corrected chi connectivity index (χ3v) is 3.31. The lowest BCUT2D eigenvalue weighted by molar-refractivity contribution is 0.146. The lowest BCUT2D eigenvalue weighted by atomic mass is 10.2. The van der Waals surface area contributed by atoms with E-state index in [0.29, 0.717) is 26.2 Å². The highest BCUT2D eigenvalue weighted by Crippen LogP contribution is 2.02. The second-order valence-electron chi connectivity index (χ2n) is 3.70. The molecule has 0 unspecified atom stereocenters. The third-order valence-electron chi connectivity index (χ3n) is 2.21. The monoisotopic (exact) mass is 269 g/mol. The van der Waals surface area contributed by atoms with E-state index in [2.05, 4.69) is 4.72 Å². The number of benzene rings is 1. The minimum atomic E-state index is -3.35. The molecule has 0 radical (unpaired) electrons. The predicted molar refractivity (Wildman–Crippen MR) is 73.5 cm³/mol. The fraction of sp³-hybridized carbons (Fsp3) is 0.385. The summed E-state index contributed by atoms with van der Waals surface area (Å²) in [4.78, 5) is 0. The lowest BCUT2D eigenvalue weighted by Crippen LogP contribution is -2.23. The van der Waals surface area contributed by atoms with Crippen LogP contribution in [0.25, 0.3) is 6.08 Å². The third kappa shape index (κ3) is 6.54. The molecule has 18 heavy (non-hydrogen) atoms. The Balaban J connectivity index is 2.38. The van der Waals surface area contributed by atoms with Gasteiger partial charge in [-0.3, -0.25) is 0 Å². The number of rotatable bonds is 8. The molecule has 0 atom stereocenters. The fourth-order valence-electron chi connectivity index (χ4n) is 1.31. The molecule has 0 amide bonds. The Bertz CT molecular complexity index is 454. The molecule has 5 heteroatoms. The first-order valence-corrected chi connectivity index (χ1v) is 7.49. The zero-order chi connectivity index (χ0) is 13.3. The van der Waals surface area contributed by atoms with Crippen molar-refractivity contribution < 1.29 is 13.2 Å². The standard InChI is InChI=1S/C13H19NO3S/c1-2-17-11-6-10-14-18(15,16)12-9-13-7-4-3-5-8-13/h3-5,7-9,12,14H,2,6,10-11H2,1H3/b12-9+. The van der Waals surface area contributed by atoms with Crippen molar-refractivity contribution in [1.82, 2.24) is 4.72 Å². The van der Waals surface area contributed by atoms with Crippen LogP contribution in [0.3, 0.4) is 0 Å². The molecule has 0 bridgehead atoms. The van der Waals surface area contributed by atoms with Gasteiger partial charge in [0.05, 0.1) is 0 Å². The maximum atomic E-state index is 11.6. The number of ether oxygens (including phenoxy) is 1. The highest BCUT2D eigenvalue weighted by Gasteiger charge is 2.03. The van der Waals surface area contributed by atoms with Crippen molar-refractivity contribution in [2.75, 3.05) is 19.8 Å². The van der Waals surface area contributed by atoms with Crippen LogP contribution in [0.15, 0.2) is 35.7 Å². The minimum Gasteiger partial charge on any atom is -0.382 e. The first kappa shape index (κ1) is 14.9. The van der Waals surface area contributed by atoms with Gasteiger partial charge < -0.3 is 4.74 Å². The zero-order valence-corrected chi connectivity index (χ0v) is 11.3. The van der Waals surface area contributed by atoms with Crippen LogP contribution in [0.2, 0.25) is 0 Å². The van der Waals surface area contributed by atoms with E-state index in [-0.39, 0.29) is 0 Å². The molecule has 0 heterocycles. The number of sulfonamides is 1. The van der Waals surface area contributed by atoms with E-state index >= 15 is 0 Å². The van der Waals surface area contributed by atoms with E-state index in [1.807, 2.05) is 37.3 Å². The van der Waals surface area contributed by atoms with Gasteiger partial charge in [-0.2, -0.15) is 0 Å². The molecule has 0 saturated heterocycles. The van der Waals surface area contributed by atoms with E-state index in [1.165, 1.54) is 5.41 Å². The molecule has 0 aliphatic heterocycles. The van der Waals surface area contributed by atoms with Crippen LogP contribution in [-0.2, 0) is 14.8 Å². The largest absolute Gasteiger partial charge is 0.382 e. The summed E-state index contributed by atoms with van der Waals surface area (Å²) in [6, 6.07) is 9.31. The van der Waals surface area contributed by atoms with E-state index in [9.17, 15) is 8.42 Å². The van der Waals surface area contributed by atoms with Crippen molar-refractivity contribution in [3.63, 3.8) is 0 Å². The Morgan fingerprint density at radius 1 is 1.28 bits per heavy atom. The predicted octanol–water partition coefficient (Wildman–Crippen LogP) is 2.00. The Kier molecular flexibility index (Phi) is 6.64. The molecule has 4 nitrogen and oxygen atoms in total. The second-order valence-corrected chi connectivity index (χ2v) is 5.35. The maximum absolute atomic E-state index is 11.6. The van der Waals surface area contributed by atoms with Crippen LogP contribution in [0, 0.1) is 0 Å². The molecule has 1 rings (SSSR count). The van der Waals surface area contributed by atoms with E-state index in [0.717, 1.165) is 5.56 Å². The lowest BCUT2D eigenvalue weighted by Gasteiger charge is -2.03. The Morgan fingerprint density at radius 3 is 2.67 bits per heavy atom. The average molecular weight is 269 g/mol. The Hall–Kier alpha value is -1.17. The van der Waals surface area contributed by atoms with Crippen LogP contribution in [0.1, 0.15) is 18.9 Å². The van der Waals surface area contributed by atoms with Gasteiger partial charge in [0.2, 0.25) is 10.0 Å². The smallest absolute Gasteiger partial charge is 0.233 e. The van der Waals surface area contributed by atoms with E-state index in [1.54, 1.807) is 6.08 Å². The van der Waals surface area contributed by atoms with Gasteiger partial charge in [-0.25, -0.2) is 13.1 Å². The van der Waals surface area contributed by atoms with Gasteiger partial charge in [-0.1, -0.05) is 30.3 Å². The molecule has 0 aromatic heterocycles. The van der Waals surface area contributed by atoms with Gasteiger partial charge >= 0.3 is 0 Å². The molecule has 0 aliphatic carbocycles. The first-order valence-electron chi connectivity index (χ1n) is 5.94. The summed E-state index contributed by atoms with van der Waals surface area (Å²) in [6.45, 7) is 3.52. The zero-order valence-electron chi connectivity index (χ0n) is 10.5. The summed E-state index contributed by atoms with van der Waals surface area (Å²) < 4.78 is 30.8. The summed E-state index contributed by atoms with van der Waals surface area (Å²) in [5.74, 6) is 0. The maximum Gasteiger partial charge on any atom is 0.233 e. The van der Waals surface area contributed by atoms with Gasteiger partial charge in [0.25, 0.3) is 0 Å². The molecule has 100 valence electrons. The van der Waals surface area contributed by atoms with E-state index < -0.39 is 10.0 Å². The molecule has 0 fully saturated rings. The van der Waals surface area contributed by atoms with Crippen molar-refractivity contribution in [1.29, 1.82) is 0 Å². The van der Waals surface area contributed by atoms with Gasteiger partial charge in [0.1, 0.15) is 0 Å². The molecule has 0 aliphatic rings. The molecular weight excluding hydrogens is 250 g/mol. The molecule has 1 aromatic rings. The van der Waals surface area contributed by atoms with Crippen molar-refractivity contribution in [3.05, 3.63) is 41.3 Å². The van der Waals surface area contributed by atoms with Gasteiger partial charge in [-0.15, -0.1) is 0 Å². The number of hydrogen-bond donors (Lipinski definition) is 1. The molecule has 1 aromatic carbocycles. The second kappa shape index (κ2) is 8.02. The number of hydrogen-bond acceptors (Lipinski definition) is 3. The van der Waals surface area contributed by atoms with Crippen LogP contribution >= 0.6 is 0 Å². The average Bonchev–Trinajstić information content (AvgIpc) is 2.38. The Morgan fingerprint density at radius 2 is 2.00 bits per heavy atom. The van der Waals surface area contributed by atoms with Crippen molar-refractivity contribution in [2.45, 2.75) is 13.3 Å². The molecule has 0 saturated carbocycles.